The molecule has 4 aromatic rings. The Morgan fingerprint density at radius 1 is 1.10 bits per heavy atom. The lowest BCUT2D eigenvalue weighted by Gasteiger charge is -2.09. The number of hydrogen-bond acceptors (Lipinski definition) is 4. The Hall–Kier alpha value is -3.38. The number of ether oxygens (including phenoxy) is 1. The van der Waals surface area contributed by atoms with E-state index in [9.17, 15) is 9.90 Å². The molecular formula is C22H18ClN3O3. The van der Waals surface area contributed by atoms with Crippen molar-refractivity contribution in [1.29, 1.82) is 0 Å². The van der Waals surface area contributed by atoms with Crippen molar-refractivity contribution >= 4 is 28.6 Å². The predicted octanol–water partition coefficient (Wildman–Crippen LogP) is 5.06. The van der Waals surface area contributed by atoms with Crippen LogP contribution in [0, 0.1) is 13.8 Å². The van der Waals surface area contributed by atoms with Gasteiger partial charge in [-0.2, -0.15) is 5.10 Å². The highest BCUT2D eigenvalue weighted by atomic mass is 35.5. The molecule has 4 rings (SSSR count). The fourth-order valence-electron chi connectivity index (χ4n) is 3.29. The number of aryl methyl sites for hydroxylation is 2. The Bertz CT molecular complexity index is 1250. The summed E-state index contributed by atoms with van der Waals surface area (Å²) in [6.07, 6.45) is 0. The Labute approximate surface area is 172 Å². The van der Waals surface area contributed by atoms with Crippen molar-refractivity contribution in [2.75, 3.05) is 7.11 Å². The van der Waals surface area contributed by atoms with Crippen molar-refractivity contribution in [3.63, 3.8) is 0 Å². The van der Waals surface area contributed by atoms with Gasteiger partial charge in [-0.3, -0.25) is 0 Å². The maximum Gasteiger partial charge on any atom is 0.354 e. The number of fused-ring (bicyclic) bond motifs is 1. The number of aromatic nitrogens is 3. The second-order valence-electron chi connectivity index (χ2n) is 6.72. The molecule has 1 N–H and O–H groups in total. The summed E-state index contributed by atoms with van der Waals surface area (Å²) in [6.45, 7) is 3.80. The molecule has 0 saturated heterocycles. The van der Waals surface area contributed by atoms with E-state index in [2.05, 4.69) is 10.1 Å². The number of methoxy groups -OCH3 is 1. The topological polar surface area (TPSA) is 77.2 Å². The van der Waals surface area contributed by atoms with E-state index in [4.69, 9.17) is 16.3 Å². The van der Waals surface area contributed by atoms with Crippen LogP contribution in [-0.2, 0) is 0 Å². The molecule has 2 aromatic heterocycles. The number of rotatable bonds is 4. The van der Waals surface area contributed by atoms with Crippen molar-refractivity contribution in [3.8, 4) is 22.6 Å². The van der Waals surface area contributed by atoms with Gasteiger partial charge >= 0.3 is 5.97 Å². The third-order valence-corrected chi connectivity index (χ3v) is 5.24. The van der Waals surface area contributed by atoms with E-state index in [1.54, 1.807) is 23.9 Å². The first-order valence-corrected chi connectivity index (χ1v) is 9.31. The fourth-order valence-corrected chi connectivity index (χ4v) is 3.47. The van der Waals surface area contributed by atoms with E-state index in [0.717, 1.165) is 39.2 Å². The quantitative estimate of drug-likeness (QED) is 0.511. The smallest absolute Gasteiger partial charge is 0.354 e. The lowest BCUT2D eigenvalue weighted by molar-refractivity contribution is 0.0691. The number of aromatic carboxylic acids is 1. The molecule has 0 amide bonds. The zero-order valence-corrected chi connectivity index (χ0v) is 16.9. The molecule has 7 heteroatoms. The first-order chi connectivity index (χ1) is 13.9. The first kappa shape index (κ1) is 19.0. The normalized spacial score (nSPS) is 11.0. The average Bonchev–Trinajstić information content (AvgIpc) is 3.06. The van der Waals surface area contributed by atoms with Crippen LogP contribution in [0.25, 0.3) is 27.8 Å². The summed E-state index contributed by atoms with van der Waals surface area (Å²) in [6, 6.07) is 14.6. The lowest BCUT2D eigenvalue weighted by atomic mass is 10.0. The number of carboxylic acids is 1. The number of halogens is 1. The summed E-state index contributed by atoms with van der Waals surface area (Å²) in [5, 5.41) is 15.6. The molecular weight excluding hydrogens is 390 g/mol. The van der Waals surface area contributed by atoms with E-state index < -0.39 is 5.97 Å². The molecule has 6 nitrogen and oxygen atoms in total. The number of carbonyl (C=O) groups is 1. The highest BCUT2D eigenvalue weighted by Crippen LogP contribution is 2.33. The van der Waals surface area contributed by atoms with Crippen molar-refractivity contribution in [2.45, 2.75) is 13.8 Å². The molecule has 0 unspecified atom stereocenters. The monoisotopic (exact) mass is 407 g/mol. The molecule has 0 radical (unpaired) electrons. The van der Waals surface area contributed by atoms with Crippen LogP contribution in [0.3, 0.4) is 0 Å². The molecule has 0 saturated carbocycles. The van der Waals surface area contributed by atoms with Gasteiger partial charge in [-0.1, -0.05) is 29.8 Å². The molecule has 0 aliphatic rings. The Morgan fingerprint density at radius 3 is 2.45 bits per heavy atom. The van der Waals surface area contributed by atoms with Gasteiger partial charge in [0.2, 0.25) is 0 Å². The van der Waals surface area contributed by atoms with Crippen molar-refractivity contribution < 1.29 is 14.6 Å². The molecule has 0 bridgehead atoms. The molecule has 0 atom stereocenters. The number of pyridine rings is 1. The second-order valence-corrected chi connectivity index (χ2v) is 7.13. The van der Waals surface area contributed by atoms with Crippen LogP contribution in [-0.4, -0.2) is 33.0 Å². The standard InChI is InChI=1S/C22H18ClN3O3/c1-12-4-7-15(10-18(12)23)26-21-20(13(2)25-26)17(11-19(24-21)22(27)28)14-5-8-16(29-3)9-6-14/h4-11H,1-3H3,(H,27,28). The van der Waals surface area contributed by atoms with Gasteiger partial charge in [0.15, 0.2) is 11.3 Å². The molecule has 0 fully saturated rings. The SMILES string of the molecule is COc1ccc(-c2cc(C(=O)O)nc3c2c(C)nn3-c2ccc(C)c(Cl)c2)cc1. The number of hydrogen-bond donors (Lipinski definition) is 1. The second kappa shape index (κ2) is 7.22. The minimum absolute atomic E-state index is 0.0531. The Kier molecular flexibility index (Phi) is 4.72. The number of carboxylic acid groups (broad SMARTS) is 1. The molecule has 2 aromatic carbocycles. The van der Waals surface area contributed by atoms with Gasteiger partial charge in [0, 0.05) is 5.02 Å². The minimum Gasteiger partial charge on any atom is -0.497 e. The molecule has 146 valence electrons. The lowest BCUT2D eigenvalue weighted by Crippen LogP contribution is -2.04. The summed E-state index contributed by atoms with van der Waals surface area (Å²) in [5.41, 5.74) is 4.42. The van der Waals surface area contributed by atoms with Gasteiger partial charge in [0.05, 0.1) is 23.9 Å². The summed E-state index contributed by atoms with van der Waals surface area (Å²) >= 11 is 6.29. The highest BCUT2D eigenvalue weighted by Gasteiger charge is 2.20. The molecule has 0 aliphatic heterocycles. The van der Waals surface area contributed by atoms with E-state index in [1.807, 2.05) is 50.2 Å². The number of benzene rings is 2. The van der Waals surface area contributed by atoms with Crippen LogP contribution in [0.4, 0.5) is 0 Å². The van der Waals surface area contributed by atoms with Gasteiger partial charge in [-0.15, -0.1) is 0 Å². The van der Waals surface area contributed by atoms with Crippen LogP contribution < -0.4 is 4.74 Å². The largest absolute Gasteiger partial charge is 0.497 e. The Balaban J connectivity index is 2.02. The summed E-state index contributed by atoms with van der Waals surface area (Å²) in [5.74, 6) is -0.381. The fraction of sp³-hybridized carbons (Fsp3) is 0.136. The summed E-state index contributed by atoms with van der Waals surface area (Å²) in [7, 11) is 1.60. The third kappa shape index (κ3) is 3.32. The van der Waals surface area contributed by atoms with Crippen molar-refractivity contribution in [2.24, 2.45) is 0 Å². The van der Waals surface area contributed by atoms with Crippen LogP contribution in [0.2, 0.25) is 5.02 Å². The van der Waals surface area contributed by atoms with Gasteiger partial charge < -0.3 is 9.84 Å². The molecule has 0 spiro atoms. The summed E-state index contributed by atoms with van der Waals surface area (Å²) < 4.78 is 6.86. The summed E-state index contributed by atoms with van der Waals surface area (Å²) in [4.78, 5) is 16.1. The Morgan fingerprint density at radius 2 is 1.83 bits per heavy atom. The first-order valence-electron chi connectivity index (χ1n) is 8.93. The zero-order valence-electron chi connectivity index (χ0n) is 16.1. The van der Waals surface area contributed by atoms with Crippen LogP contribution in [0.1, 0.15) is 21.7 Å². The van der Waals surface area contributed by atoms with Crippen molar-refractivity contribution in [1.82, 2.24) is 14.8 Å². The third-order valence-electron chi connectivity index (χ3n) is 4.83. The maximum atomic E-state index is 11.7. The van der Waals surface area contributed by atoms with Crippen LogP contribution in [0.5, 0.6) is 5.75 Å². The van der Waals surface area contributed by atoms with Gasteiger partial charge in [-0.25, -0.2) is 14.5 Å². The van der Waals surface area contributed by atoms with E-state index >= 15 is 0 Å². The minimum atomic E-state index is -1.10. The van der Waals surface area contributed by atoms with E-state index in [1.165, 1.54) is 0 Å². The molecule has 2 heterocycles. The zero-order chi connectivity index (χ0) is 20.7. The van der Waals surface area contributed by atoms with Gasteiger partial charge in [0.1, 0.15) is 5.75 Å². The predicted molar refractivity (Wildman–Crippen MR) is 112 cm³/mol. The van der Waals surface area contributed by atoms with Gasteiger partial charge in [-0.05, 0) is 60.9 Å². The molecule has 29 heavy (non-hydrogen) atoms. The molecule has 0 aliphatic carbocycles. The average molecular weight is 408 g/mol. The van der Waals surface area contributed by atoms with Crippen LogP contribution in [0.15, 0.2) is 48.5 Å². The van der Waals surface area contributed by atoms with Gasteiger partial charge in [0.25, 0.3) is 0 Å². The van der Waals surface area contributed by atoms with Crippen molar-refractivity contribution in [3.05, 3.63) is 70.5 Å². The number of nitrogens with zero attached hydrogens (tertiary/aromatic N) is 3. The maximum absolute atomic E-state index is 11.7. The highest BCUT2D eigenvalue weighted by molar-refractivity contribution is 6.31. The van der Waals surface area contributed by atoms with Crippen LogP contribution >= 0.6 is 11.6 Å². The van der Waals surface area contributed by atoms with E-state index in [-0.39, 0.29) is 5.69 Å². The van der Waals surface area contributed by atoms with E-state index in [0.29, 0.717) is 10.7 Å².